The Bertz CT molecular complexity index is 610. The van der Waals surface area contributed by atoms with E-state index in [1.54, 1.807) is 0 Å². The number of rotatable bonds is 6. The van der Waals surface area contributed by atoms with E-state index in [1.165, 1.54) is 14.2 Å². The maximum absolute atomic E-state index is 13.0. The van der Waals surface area contributed by atoms with Crippen molar-refractivity contribution in [2.75, 3.05) is 20.8 Å². The van der Waals surface area contributed by atoms with Gasteiger partial charge in [0.2, 0.25) is 0 Å². The lowest BCUT2D eigenvalue weighted by Crippen LogP contribution is -2.55. The number of esters is 2. The van der Waals surface area contributed by atoms with Crippen LogP contribution in [0.2, 0.25) is 19.6 Å². The molecule has 1 aromatic rings. The Morgan fingerprint density at radius 2 is 1.84 bits per heavy atom. The first kappa shape index (κ1) is 19.7. The number of hydrogen-bond donors (Lipinski definition) is 0. The molecule has 1 heterocycles. The first-order chi connectivity index (χ1) is 11.8. The Labute approximate surface area is 150 Å². The molecule has 1 saturated heterocycles. The van der Waals surface area contributed by atoms with Crippen molar-refractivity contribution in [3.8, 4) is 0 Å². The molecular formula is C19H28O5Si. The summed E-state index contributed by atoms with van der Waals surface area (Å²) in [5.74, 6) is -0.971. The maximum atomic E-state index is 13.0. The van der Waals surface area contributed by atoms with Gasteiger partial charge in [-0.05, 0) is 12.0 Å². The number of carbonyl (C=O) groups excluding carboxylic acids is 2. The van der Waals surface area contributed by atoms with Gasteiger partial charge in [0.05, 0.1) is 34.4 Å². The highest BCUT2D eigenvalue weighted by Crippen LogP contribution is 2.52. The number of ether oxygens (including phenoxy) is 3. The monoisotopic (exact) mass is 364 g/mol. The standard InChI is InChI=1S/C19H28O5Si/c1-22-16(20)13-15(14-9-7-6-8-10-14)19(17(21)23-2)11-12-24-18(19)25(3,4)5/h6-10,15,18H,11-13H2,1-5H3/t15-,18-,19-/m1/s1. The summed E-state index contributed by atoms with van der Waals surface area (Å²) in [5.41, 5.74) is -0.149. The van der Waals surface area contributed by atoms with Crippen molar-refractivity contribution >= 4 is 20.0 Å². The zero-order valence-electron chi connectivity index (χ0n) is 15.7. The van der Waals surface area contributed by atoms with Gasteiger partial charge in [-0.25, -0.2) is 0 Å². The molecule has 0 unspecified atom stereocenters. The molecule has 138 valence electrons. The third kappa shape index (κ3) is 3.80. The van der Waals surface area contributed by atoms with Crippen LogP contribution >= 0.6 is 0 Å². The molecule has 0 aromatic heterocycles. The van der Waals surface area contributed by atoms with E-state index in [-0.39, 0.29) is 30.0 Å². The summed E-state index contributed by atoms with van der Waals surface area (Å²) in [6, 6.07) is 9.67. The largest absolute Gasteiger partial charge is 0.469 e. The zero-order chi connectivity index (χ0) is 18.7. The van der Waals surface area contributed by atoms with Crippen molar-refractivity contribution in [1.82, 2.24) is 0 Å². The summed E-state index contributed by atoms with van der Waals surface area (Å²) >= 11 is 0. The normalized spacial score (nSPS) is 24.6. The number of hydrogen-bond acceptors (Lipinski definition) is 5. The van der Waals surface area contributed by atoms with Gasteiger partial charge in [0, 0.05) is 12.5 Å². The van der Waals surface area contributed by atoms with Gasteiger partial charge in [0.1, 0.15) is 5.41 Å². The van der Waals surface area contributed by atoms with Crippen molar-refractivity contribution in [2.24, 2.45) is 5.41 Å². The highest BCUT2D eigenvalue weighted by molar-refractivity contribution is 6.77. The predicted octanol–water partition coefficient (Wildman–Crippen LogP) is 3.16. The summed E-state index contributed by atoms with van der Waals surface area (Å²) in [5, 5.41) is 0. The predicted molar refractivity (Wildman–Crippen MR) is 98.0 cm³/mol. The van der Waals surface area contributed by atoms with Crippen LogP contribution in [-0.4, -0.2) is 46.6 Å². The second-order valence-electron chi connectivity index (χ2n) is 7.64. The molecule has 1 aromatic carbocycles. The quantitative estimate of drug-likeness (QED) is 0.573. The molecule has 25 heavy (non-hydrogen) atoms. The third-order valence-corrected chi connectivity index (χ3v) is 7.30. The van der Waals surface area contributed by atoms with Crippen molar-refractivity contribution in [3.63, 3.8) is 0 Å². The van der Waals surface area contributed by atoms with Crippen molar-refractivity contribution in [3.05, 3.63) is 35.9 Å². The average Bonchev–Trinajstić information content (AvgIpc) is 3.05. The van der Waals surface area contributed by atoms with Gasteiger partial charge >= 0.3 is 11.9 Å². The van der Waals surface area contributed by atoms with Crippen LogP contribution in [0.3, 0.4) is 0 Å². The minimum Gasteiger partial charge on any atom is -0.469 e. The van der Waals surface area contributed by atoms with E-state index in [0.717, 1.165) is 5.56 Å². The van der Waals surface area contributed by atoms with Crippen LogP contribution in [0.5, 0.6) is 0 Å². The van der Waals surface area contributed by atoms with E-state index in [0.29, 0.717) is 13.0 Å². The summed E-state index contributed by atoms with van der Waals surface area (Å²) < 4.78 is 16.2. The molecule has 0 radical (unpaired) electrons. The molecule has 0 spiro atoms. The van der Waals surface area contributed by atoms with Crippen LogP contribution in [0.15, 0.2) is 30.3 Å². The van der Waals surface area contributed by atoms with E-state index in [1.807, 2.05) is 30.3 Å². The van der Waals surface area contributed by atoms with Gasteiger partial charge in [-0.1, -0.05) is 50.0 Å². The summed E-state index contributed by atoms with van der Waals surface area (Å²) in [7, 11) is 0.907. The van der Waals surface area contributed by atoms with E-state index in [2.05, 4.69) is 19.6 Å². The molecular weight excluding hydrogens is 336 g/mol. The number of carbonyl (C=O) groups is 2. The van der Waals surface area contributed by atoms with Crippen LogP contribution < -0.4 is 0 Å². The molecule has 3 atom stereocenters. The second-order valence-corrected chi connectivity index (χ2v) is 12.9. The van der Waals surface area contributed by atoms with Crippen molar-refractivity contribution in [2.45, 2.75) is 44.1 Å². The SMILES string of the molecule is COC(=O)C[C@H](c1ccccc1)[C@@]1(C(=O)OC)CCO[C@@H]1[Si](C)(C)C. The van der Waals surface area contributed by atoms with Crippen molar-refractivity contribution < 1.29 is 23.8 Å². The van der Waals surface area contributed by atoms with Crippen molar-refractivity contribution in [1.29, 1.82) is 0 Å². The van der Waals surface area contributed by atoms with E-state index >= 15 is 0 Å². The Morgan fingerprint density at radius 1 is 1.20 bits per heavy atom. The fourth-order valence-corrected chi connectivity index (χ4v) is 6.71. The second kappa shape index (κ2) is 7.70. The lowest BCUT2D eigenvalue weighted by Gasteiger charge is -2.43. The number of methoxy groups -OCH3 is 2. The van der Waals surface area contributed by atoms with E-state index < -0.39 is 13.5 Å². The average molecular weight is 365 g/mol. The molecule has 1 aliphatic rings. The first-order valence-electron chi connectivity index (χ1n) is 8.59. The minimum atomic E-state index is -1.87. The molecule has 5 nitrogen and oxygen atoms in total. The topological polar surface area (TPSA) is 61.8 Å². The van der Waals surface area contributed by atoms with Gasteiger partial charge in [0.15, 0.2) is 0 Å². The van der Waals surface area contributed by atoms with Gasteiger partial charge in [-0.2, -0.15) is 0 Å². The molecule has 0 saturated carbocycles. The Hall–Kier alpha value is -1.66. The molecule has 0 amide bonds. The first-order valence-corrected chi connectivity index (χ1v) is 12.2. The molecule has 2 rings (SSSR count). The highest BCUT2D eigenvalue weighted by atomic mass is 28.3. The summed E-state index contributed by atoms with van der Waals surface area (Å²) in [4.78, 5) is 25.2. The molecule has 0 aliphatic carbocycles. The minimum absolute atomic E-state index is 0.125. The molecule has 1 fully saturated rings. The Morgan fingerprint density at radius 3 is 2.36 bits per heavy atom. The Kier molecular flexibility index (Phi) is 6.06. The Balaban J connectivity index is 2.61. The lowest BCUT2D eigenvalue weighted by molar-refractivity contribution is -0.157. The van der Waals surface area contributed by atoms with Crippen LogP contribution in [0, 0.1) is 5.41 Å². The highest BCUT2D eigenvalue weighted by Gasteiger charge is 2.60. The fourth-order valence-electron chi connectivity index (χ4n) is 4.08. The molecule has 0 bridgehead atoms. The van der Waals surface area contributed by atoms with Crippen LogP contribution in [0.25, 0.3) is 0 Å². The third-order valence-electron chi connectivity index (χ3n) is 5.04. The molecule has 0 N–H and O–H groups in total. The van der Waals surface area contributed by atoms with Gasteiger partial charge in [0.25, 0.3) is 0 Å². The van der Waals surface area contributed by atoms with Gasteiger partial charge < -0.3 is 14.2 Å². The number of benzene rings is 1. The maximum Gasteiger partial charge on any atom is 0.314 e. The summed E-state index contributed by atoms with van der Waals surface area (Å²) in [6.07, 6.45) is 0.672. The van der Waals surface area contributed by atoms with Crippen LogP contribution in [0.4, 0.5) is 0 Å². The summed E-state index contributed by atoms with van der Waals surface area (Å²) in [6.45, 7) is 7.04. The van der Waals surface area contributed by atoms with E-state index in [9.17, 15) is 9.59 Å². The van der Waals surface area contributed by atoms with Crippen LogP contribution in [0.1, 0.15) is 24.3 Å². The van der Waals surface area contributed by atoms with Crippen LogP contribution in [-0.2, 0) is 23.8 Å². The lowest BCUT2D eigenvalue weighted by atomic mass is 9.69. The fraction of sp³-hybridized carbons (Fsp3) is 0.579. The molecule has 6 heteroatoms. The smallest absolute Gasteiger partial charge is 0.314 e. The zero-order valence-corrected chi connectivity index (χ0v) is 16.7. The van der Waals surface area contributed by atoms with Gasteiger partial charge in [-0.15, -0.1) is 0 Å². The van der Waals surface area contributed by atoms with E-state index in [4.69, 9.17) is 14.2 Å². The van der Waals surface area contributed by atoms with Gasteiger partial charge in [-0.3, -0.25) is 9.59 Å². The molecule has 1 aliphatic heterocycles.